The average molecular weight is 365 g/mol. The number of aromatic nitrogens is 1. The van der Waals surface area contributed by atoms with E-state index in [9.17, 15) is 18.7 Å². The molecule has 6 nitrogen and oxygen atoms in total. The van der Waals surface area contributed by atoms with Crippen LogP contribution in [0.1, 0.15) is 24.1 Å². The number of likely N-dealkylation sites (tertiary alicyclic amines) is 1. The van der Waals surface area contributed by atoms with Crippen LogP contribution in [0.15, 0.2) is 35.1 Å². The van der Waals surface area contributed by atoms with E-state index in [0.29, 0.717) is 31.6 Å². The number of carbonyl (C=O) groups is 1. The zero-order chi connectivity index (χ0) is 18.7. The number of hydrogen-bond acceptors (Lipinski definition) is 5. The molecule has 0 saturated carbocycles. The number of nitrogens with zero attached hydrogens (tertiary/aromatic N) is 3. The molecule has 1 aliphatic rings. The van der Waals surface area contributed by atoms with E-state index in [2.05, 4.69) is 5.16 Å². The van der Waals surface area contributed by atoms with E-state index in [-0.39, 0.29) is 18.7 Å². The minimum atomic E-state index is -1.57. The number of piperidine rings is 1. The molecule has 2 heterocycles. The van der Waals surface area contributed by atoms with Gasteiger partial charge in [0, 0.05) is 37.8 Å². The van der Waals surface area contributed by atoms with Gasteiger partial charge in [-0.15, -0.1) is 0 Å². The zero-order valence-corrected chi connectivity index (χ0v) is 14.5. The summed E-state index contributed by atoms with van der Waals surface area (Å²) in [5.41, 5.74) is -0.780. The standard InChI is InChI=1S/C18H21F2N3O3/c1-22(11-14-6-9-26-21-14)12-18(25)7-3-8-23(17(18)24)10-13-4-2-5-15(19)16(13)20/h2,4-6,9,25H,3,7-8,10-12H2,1H3/t18-/m0/s1. The summed E-state index contributed by atoms with van der Waals surface area (Å²) in [6.45, 7) is 0.854. The van der Waals surface area contributed by atoms with Crippen LogP contribution in [-0.4, -0.2) is 51.7 Å². The smallest absolute Gasteiger partial charge is 0.256 e. The molecule has 2 aromatic rings. The van der Waals surface area contributed by atoms with Gasteiger partial charge >= 0.3 is 0 Å². The lowest BCUT2D eigenvalue weighted by Gasteiger charge is -2.40. The lowest BCUT2D eigenvalue weighted by atomic mass is 9.90. The third-order valence-corrected chi connectivity index (χ3v) is 4.55. The number of rotatable bonds is 6. The predicted octanol–water partition coefficient (Wildman–Crippen LogP) is 1.94. The number of benzene rings is 1. The fourth-order valence-electron chi connectivity index (χ4n) is 3.34. The van der Waals surface area contributed by atoms with Crippen LogP contribution in [0.4, 0.5) is 8.78 Å². The molecule has 3 rings (SSSR count). The summed E-state index contributed by atoms with van der Waals surface area (Å²) in [4.78, 5) is 15.9. The van der Waals surface area contributed by atoms with Gasteiger partial charge in [0.15, 0.2) is 17.2 Å². The van der Waals surface area contributed by atoms with Gasteiger partial charge in [0.25, 0.3) is 5.91 Å². The Hall–Kier alpha value is -2.32. The van der Waals surface area contributed by atoms with Crippen molar-refractivity contribution in [3.05, 3.63) is 53.4 Å². The van der Waals surface area contributed by atoms with Crippen molar-refractivity contribution < 1.29 is 23.2 Å². The molecule has 1 aliphatic heterocycles. The van der Waals surface area contributed by atoms with Crippen molar-refractivity contribution >= 4 is 5.91 Å². The maximum atomic E-state index is 13.9. The molecule has 1 amide bonds. The van der Waals surface area contributed by atoms with Crippen LogP contribution in [-0.2, 0) is 17.9 Å². The highest BCUT2D eigenvalue weighted by molar-refractivity contribution is 5.86. The number of halogens is 2. The number of hydrogen-bond donors (Lipinski definition) is 1. The van der Waals surface area contributed by atoms with Crippen molar-refractivity contribution in [1.29, 1.82) is 0 Å². The van der Waals surface area contributed by atoms with Crippen molar-refractivity contribution in [2.45, 2.75) is 31.5 Å². The van der Waals surface area contributed by atoms with Gasteiger partial charge in [-0.25, -0.2) is 8.78 Å². The van der Waals surface area contributed by atoms with Crippen LogP contribution in [0.3, 0.4) is 0 Å². The Morgan fingerprint density at radius 1 is 1.38 bits per heavy atom. The molecule has 0 unspecified atom stereocenters. The zero-order valence-electron chi connectivity index (χ0n) is 14.5. The minimum Gasteiger partial charge on any atom is -0.379 e. The largest absolute Gasteiger partial charge is 0.379 e. The summed E-state index contributed by atoms with van der Waals surface area (Å²) in [7, 11) is 1.77. The Balaban J connectivity index is 1.68. The van der Waals surface area contributed by atoms with Gasteiger partial charge in [0.05, 0.1) is 5.69 Å². The molecule has 140 valence electrons. The Bertz CT molecular complexity index is 769. The molecule has 0 bridgehead atoms. The molecule has 26 heavy (non-hydrogen) atoms. The topological polar surface area (TPSA) is 69.8 Å². The first kappa shape index (κ1) is 18.5. The second-order valence-corrected chi connectivity index (χ2v) is 6.74. The summed E-state index contributed by atoms with van der Waals surface area (Å²) in [5.74, 6) is -2.38. The van der Waals surface area contributed by atoms with Crippen molar-refractivity contribution in [3.8, 4) is 0 Å². The lowest BCUT2D eigenvalue weighted by Crippen LogP contribution is -2.57. The van der Waals surface area contributed by atoms with E-state index in [1.165, 1.54) is 23.3 Å². The Morgan fingerprint density at radius 3 is 2.92 bits per heavy atom. The van der Waals surface area contributed by atoms with E-state index < -0.39 is 23.1 Å². The molecular formula is C18H21F2N3O3. The van der Waals surface area contributed by atoms with Gasteiger partial charge in [-0.1, -0.05) is 17.3 Å². The van der Waals surface area contributed by atoms with Crippen molar-refractivity contribution in [1.82, 2.24) is 15.0 Å². The van der Waals surface area contributed by atoms with Gasteiger partial charge in [-0.05, 0) is 26.0 Å². The van der Waals surface area contributed by atoms with E-state index in [4.69, 9.17) is 4.52 Å². The average Bonchev–Trinajstić information content (AvgIpc) is 3.09. The fraction of sp³-hybridized carbons (Fsp3) is 0.444. The molecule has 1 fully saturated rings. The highest BCUT2D eigenvalue weighted by atomic mass is 19.2. The van der Waals surface area contributed by atoms with Crippen LogP contribution in [0.25, 0.3) is 0 Å². The molecule has 0 radical (unpaired) electrons. The monoisotopic (exact) mass is 365 g/mol. The Labute approximate surface area is 150 Å². The van der Waals surface area contributed by atoms with Crippen LogP contribution >= 0.6 is 0 Å². The first-order valence-corrected chi connectivity index (χ1v) is 8.41. The Morgan fingerprint density at radius 2 is 2.19 bits per heavy atom. The summed E-state index contributed by atoms with van der Waals surface area (Å²) in [6, 6.07) is 5.59. The highest BCUT2D eigenvalue weighted by Gasteiger charge is 2.43. The van der Waals surface area contributed by atoms with Crippen molar-refractivity contribution in [2.24, 2.45) is 0 Å². The molecule has 1 saturated heterocycles. The van der Waals surface area contributed by atoms with Crippen LogP contribution in [0.2, 0.25) is 0 Å². The summed E-state index contributed by atoms with van der Waals surface area (Å²) in [6.07, 6.45) is 2.35. The van der Waals surface area contributed by atoms with Gasteiger partial charge in [0.2, 0.25) is 0 Å². The highest BCUT2D eigenvalue weighted by Crippen LogP contribution is 2.26. The van der Waals surface area contributed by atoms with E-state index >= 15 is 0 Å². The number of carbonyl (C=O) groups excluding carboxylic acids is 1. The molecule has 1 aromatic carbocycles. The normalized spacial score (nSPS) is 20.8. The molecule has 1 N–H and O–H groups in total. The third kappa shape index (κ3) is 3.91. The maximum absolute atomic E-state index is 13.9. The van der Waals surface area contributed by atoms with Gasteiger partial charge in [0.1, 0.15) is 6.26 Å². The number of likely N-dealkylation sites (N-methyl/N-ethyl adjacent to an activating group) is 1. The first-order valence-electron chi connectivity index (χ1n) is 8.41. The lowest BCUT2D eigenvalue weighted by molar-refractivity contribution is -0.160. The summed E-state index contributed by atoms with van der Waals surface area (Å²) < 4.78 is 32.1. The molecule has 0 aliphatic carbocycles. The van der Waals surface area contributed by atoms with Crippen LogP contribution in [0.5, 0.6) is 0 Å². The quantitative estimate of drug-likeness (QED) is 0.847. The van der Waals surface area contributed by atoms with Gasteiger partial charge in [-0.3, -0.25) is 9.69 Å². The second kappa shape index (κ2) is 7.51. The maximum Gasteiger partial charge on any atom is 0.256 e. The van der Waals surface area contributed by atoms with E-state index in [1.54, 1.807) is 18.0 Å². The first-order chi connectivity index (χ1) is 12.4. The number of amides is 1. The minimum absolute atomic E-state index is 0.0717. The molecule has 1 atom stereocenters. The summed E-state index contributed by atoms with van der Waals surface area (Å²) >= 11 is 0. The van der Waals surface area contributed by atoms with Gasteiger partial charge < -0.3 is 14.5 Å². The molecule has 0 spiro atoms. The van der Waals surface area contributed by atoms with Crippen LogP contribution < -0.4 is 0 Å². The number of aliphatic hydroxyl groups is 1. The predicted molar refractivity (Wildman–Crippen MR) is 88.8 cm³/mol. The molecule has 1 aromatic heterocycles. The molecule has 8 heteroatoms. The fourth-order valence-corrected chi connectivity index (χ4v) is 3.34. The SMILES string of the molecule is CN(Cc1ccon1)C[C@@]1(O)CCCN(Cc2cccc(F)c2F)C1=O. The third-order valence-electron chi connectivity index (χ3n) is 4.55. The van der Waals surface area contributed by atoms with E-state index in [0.717, 1.165) is 6.07 Å². The van der Waals surface area contributed by atoms with E-state index in [1.807, 2.05) is 0 Å². The Kier molecular flexibility index (Phi) is 5.33. The summed E-state index contributed by atoms with van der Waals surface area (Å²) in [5, 5.41) is 14.7. The van der Waals surface area contributed by atoms with Crippen molar-refractivity contribution in [2.75, 3.05) is 20.1 Å². The second-order valence-electron chi connectivity index (χ2n) is 6.74. The van der Waals surface area contributed by atoms with Crippen LogP contribution in [0, 0.1) is 11.6 Å². The van der Waals surface area contributed by atoms with Gasteiger partial charge in [-0.2, -0.15) is 0 Å². The van der Waals surface area contributed by atoms with Crippen molar-refractivity contribution in [3.63, 3.8) is 0 Å². The molecular weight excluding hydrogens is 344 g/mol.